The van der Waals surface area contributed by atoms with Crippen LogP contribution in [0.3, 0.4) is 0 Å². The second kappa shape index (κ2) is 7.10. The number of carbonyl (C=O) groups is 1. The molecule has 0 atom stereocenters. The van der Waals surface area contributed by atoms with E-state index in [2.05, 4.69) is 10.6 Å². The predicted molar refractivity (Wildman–Crippen MR) is 85.0 cm³/mol. The van der Waals surface area contributed by atoms with Crippen LogP contribution in [0.2, 0.25) is 10.0 Å². The van der Waals surface area contributed by atoms with Gasteiger partial charge in [0.1, 0.15) is 0 Å². The van der Waals surface area contributed by atoms with Gasteiger partial charge in [-0.05, 0) is 36.4 Å². The minimum absolute atomic E-state index is 0.131. The van der Waals surface area contributed by atoms with Gasteiger partial charge in [0, 0.05) is 5.69 Å². The van der Waals surface area contributed by atoms with Gasteiger partial charge in [-0.3, -0.25) is 4.79 Å². The number of alkyl halides is 3. The summed E-state index contributed by atoms with van der Waals surface area (Å²) in [5.41, 5.74) is 0.00179. The molecule has 2 aromatic rings. The normalized spacial score (nSPS) is 11.2. The highest BCUT2D eigenvalue weighted by atomic mass is 35.5. The molecule has 0 radical (unpaired) electrons. The van der Waals surface area contributed by atoms with Gasteiger partial charge in [-0.1, -0.05) is 29.3 Å². The number of anilines is 2. The number of rotatable bonds is 4. The Kier molecular flexibility index (Phi) is 5.38. The Balaban J connectivity index is 1.93. The average Bonchev–Trinajstić information content (AvgIpc) is 2.49. The van der Waals surface area contributed by atoms with Crippen molar-refractivity contribution in [2.75, 3.05) is 17.2 Å². The molecule has 0 heterocycles. The molecule has 0 spiro atoms. The highest BCUT2D eigenvalue weighted by molar-refractivity contribution is 6.44. The van der Waals surface area contributed by atoms with Crippen LogP contribution in [-0.2, 0) is 11.0 Å². The van der Waals surface area contributed by atoms with E-state index in [0.717, 1.165) is 12.1 Å². The van der Waals surface area contributed by atoms with Gasteiger partial charge in [-0.25, -0.2) is 0 Å². The molecule has 0 aliphatic heterocycles. The van der Waals surface area contributed by atoms with Crippen LogP contribution < -0.4 is 10.6 Å². The summed E-state index contributed by atoms with van der Waals surface area (Å²) >= 11 is 11.8. The fourth-order valence-electron chi connectivity index (χ4n) is 1.75. The molecular formula is C15H11Cl2F3N2O. The summed E-state index contributed by atoms with van der Waals surface area (Å²) in [7, 11) is 0. The Morgan fingerprint density at radius 1 is 1.04 bits per heavy atom. The Morgan fingerprint density at radius 2 is 1.70 bits per heavy atom. The molecule has 0 saturated carbocycles. The van der Waals surface area contributed by atoms with Crippen LogP contribution >= 0.6 is 23.2 Å². The summed E-state index contributed by atoms with van der Waals surface area (Å²) in [5, 5.41) is 5.81. The van der Waals surface area contributed by atoms with Crippen molar-refractivity contribution in [2.24, 2.45) is 0 Å². The molecule has 8 heteroatoms. The molecule has 3 nitrogen and oxygen atoms in total. The lowest BCUT2D eigenvalue weighted by Gasteiger charge is -2.11. The zero-order chi connectivity index (χ0) is 17.0. The first-order valence-electron chi connectivity index (χ1n) is 6.42. The van der Waals surface area contributed by atoms with Crippen molar-refractivity contribution in [1.29, 1.82) is 0 Å². The van der Waals surface area contributed by atoms with Gasteiger partial charge >= 0.3 is 6.18 Å². The summed E-state index contributed by atoms with van der Waals surface area (Å²) in [6.07, 6.45) is -4.39. The van der Waals surface area contributed by atoms with Gasteiger partial charge in [0.25, 0.3) is 0 Å². The molecule has 0 unspecified atom stereocenters. The molecule has 1 amide bonds. The molecule has 0 fully saturated rings. The number of carbonyl (C=O) groups excluding carboxylic acids is 1. The molecule has 2 N–H and O–H groups in total. The van der Waals surface area contributed by atoms with E-state index in [-0.39, 0.29) is 11.6 Å². The largest absolute Gasteiger partial charge is 0.416 e. The molecule has 0 aliphatic carbocycles. The van der Waals surface area contributed by atoms with Gasteiger partial charge in [0.2, 0.25) is 5.91 Å². The third-order valence-electron chi connectivity index (χ3n) is 2.89. The minimum Gasteiger partial charge on any atom is -0.376 e. The van der Waals surface area contributed by atoms with E-state index in [4.69, 9.17) is 23.2 Å². The predicted octanol–water partition coefficient (Wildman–Crippen LogP) is 5.06. The van der Waals surface area contributed by atoms with E-state index < -0.39 is 17.6 Å². The quantitative estimate of drug-likeness (QED) is 0.797. The fourth-order valence-corrected chi connectivity index (χ4v) is 2.10. The van der Waals surface area contributed by atoms with Crippen LogP contribution in [-0.4, -0.2) is 12.5 Å². The number of halogens is 5. The van der Waals surface area contributed by atoms with Crippen molar-refractivity contribution >= 4 is 40.5 Å². The van der Waals surface area contributed by atoms with Gasteiger partial charge in [0.15, 0.2) is 0 Å². The monoisotopic (exact) mass is 362 g/mol. The molecule has 0 saturated heterocycles. The Bertz CT molecular complexity index is 703. The minimum atomic E-state index is -4.39. The van der Waals surface area contributed by atoms with Gasteiger partial charge in [-0.15, -0.1) is 0 Å². The third kappa shape index (κ3) is 4.77. The van der Waals surface area contributed by atoms with E-state index in [1.54, 1.807) is 18.2 Å². The second-order valence-corrected chi connectivity index (χ2v) is 5.36. The van der Waals surface area contributed by atoms with Crippen LogP contribution in [0.4, 0.5) is 24.5 Å². The van der Waals surface area contributed by atoms with Crippen LogP contribution in [0.1, 0.15) is 5.56 Å². The maximum Gasteiger partial charge on any atom is 0.416 e. The van der Waals surface area contributed by atoms with Gasteiger partial charge in [-0.2, -0.15) is 13.2 Å². The molecule has 2 rings (SSSR count). The van der Waals surface area contributed by atoms with Crippen LogP contribution in [0.5, 0.6) is 0 Å². The second-order valence-electron chi connectivity index (χ2n) is 4.58. The molecule has 23 heavy (non-hydrogen) atoms. The molecule has 2 aromatic carbocycles. The van der Waals surface area contributed by atoms with Gasteiger partial charge < -0.3 is 10.6 Å². The van der Waals surface area contributed by atoms with E-state index in [1.165, 1.54) is 12.1 Å². The third-order valence-corrected chi connectivity index (χ3v) is 3.71. The molecule has 122 valence electrons. The number of hydrogen-bond donors (Lipinski definition) is 2. The Labute approximate surface area is 140 Å². The SMILES string of the molecule is O=C(CNc1ccc(C(F)(F)F)cc1)Nc1cccc(Cl)c1Cl. The Morgan fingerprint density at radius 3 is 2.30 bits per heavy atom. The highest BCUT2D eigenvalue weighted by Crippen LogP contribution is 2.30. The Hall–Kier alpha value is -1.92. The maximum absolute atomic E-state index is 12.4. The molecular weight excluding hydrogens is 352 g/mol. The topological polar surface area (TPSA) is 41.1 Å². The first-order chi connectivity index (χ1) is 10.8. The van der Waals surface area contributed by atoms with Crippen LogP contribution in [0, 0.1) is 0 Å². The van der Waals surface area contributed by atoms with Crippen molar-refractivity contribution in [1.82, 2.24) is 0 Å². The summed E-state index contributed by atoms with van der Waals surface area (Å²) in [5.74, 6) is -0.408. The van der Waals surface area contributed by atoms with E-state index in [1.807, 2.05) is 0 Å². The summed E-state index contributed by atoms with van der Waals surface area (Å²) < 4.78 is 37.3. The first-order valence-corrected chi connectivity index (χ1v) is 7.18. The molecule has 0 bridgehead atoms. The van der Waals surface area contributed by atoms with Gasteiger partial charge in [0.05, 0.1) is 27.8 Å². The number of hydrogen-bond acceptors (Lipinski definition) is 2. The van der Waals surface area contributed by atoms with E-state index in [0.29, 0.717) is 16.4 Å². The van der Waals surface area contributed by atoms with Crippen molar-refractivity contribution in [3.63, 3.8) is 0 Å². The average molecular weight is 363 g/mol. The fraction of sp³-hybridized carbons (Fsp3) is 0.133. The van der Waals surface area contributed by atoms with Crippen molar-refractivity contribution in [3.8, 4) is 0 Å². The lowest BCUT2D eigenvalue weighted by atomic mass is 10.2. The summed E-state index contributed by atoms with van der Waals surface area (Å²) in [6, 6.07) is 9.18. The first kappa shape index (κ1) is 17.4. The zero-order valence-corrected chi connectivity index (χ0v) is 13.1. The highest BCUT2D eigenvalue weighted by Gasteiger charge is 2.29. The zero-order valence-electron chi connectivity index (χ0n) is 11.5. The number of amides is 1. The smallest absolute Gasteiger partial charge is 0.376 e. The standard InChI is InChI=1S/C15H11Cl2F3N2O/c16-11-2-1-3-12(14(11)17)22-13(23)8-21-10-6-4-9(5-7-10)15(18,19)20/h1-7,21H,8H2,(H,22,23). The van der Waals surface area contributed by atoms with Crippen LogP contribution in [0.25, 0.3) is 0 Å². The number of benzene rings is 2. The molecule has 0 aromatic heterocycles. The number of nitrogens with one attached hydrogen (secondary N) is 2. The summed E-state index contributed by atoms with van der Waals surface area (Å²) in [4.78, 5) is 11.8. The van der Waals surface area contributed by atoms with Crippen molar-refractivity contribution < 1.29 is 18.0 Å². The van der Waals surface area contributed by atoms with E-state index >= 15 is 0 Å². The van der Waals surface area contributed by atoms with Crippen molar-refractivity contribution in [2.45, 2.75) is 6.18 Å². The lowest BCUT2D eigenvalue weighted by Crippen LogP contribution is -2.22. The molecule has 0 aliphatic rings. The van der Waals surface area contributed by atoms with Crippen molar-refractivity contribution in [3.05, 3.63) is 58.1 Å². The maximum atomic E-state index is 12.4. The van der Waals surface area contributed by atoms with E-state index in [9.17, 15) is 18.0 Å². The summed E-state index contributed by atoms with van der Waals surface area (Å²) in [6.45, 7) is -0.131. The van der Waals surface area contributed by atoms with Crippen LogP contribution in [0.15, 0.2) is 42.5 Å². The lowest BCUT2D eigenvalue weighted by molar-refractivity contribution is -0.137.